The molecule has 32 heavy (non-hydrogen) atoms. The number of anilines is 2. The molecule has 1 amide bonds. The Bertz CT molecular complexity index is 1170. The van der Waals surface area contributed by atoms with E-state index in [1.54, 1.807) is 24.3 Å². The van der Waals surface area contributed by atoms with Crippen LogP contribution in [0, 0.1) is 5.41 Å². The van der Waals surface area contributed by atoms with E-state index in [0.717, 1.165) is 5.56 Å². The molecule has 7 N–H and O–H groups in total. The van der Waals surface area contributed by atoms with Crippen LogP contribution in [0.4, 0.5) is 11.4 Å². The largest absolute Gasteiger partial charge is 0.507 e. The van der Waals surface area contributed by atoms with E-state index in [4.69, 9.17) is 16.9 Å². The molecule has 0 spiro atoms. The summed E-state index contributed by atoms with van der Waals surface area (Å²) in [5, 5.41) is 20.6. The molecule has 0 heterocycles. The van der Waals surface area contributed by atoms with Gasteiger partial charge in [-0.25, -0.2) is 0 Å². The number of carbonyl (C=O) groups excluding carboxylic acids is 2. The van der Waals surface area contributed by atoms with Gasteiger partial charge in [-0.15, -0.1) is 12.4 Å². The number of benzene rings is 3. The van der Waals surface area contributed by atoms with Crippen molar-refractivity contribution in [3.05, 3.63) is 88.5 Å². The lowest BCUT2D eigenvalue weighted by Gasteiger charge is -2.15. The van der Waals surface area contributed by atoms with Crippen molar-refractivity contribution in [2.75, 3.05) is 11.1 Å². The Hall–Kier alpha value is -3.84. The van der Waals surface area contributed by atoms with E-state index in [0.29, 0.717) is 17.0 Å². The molecular weight excluding hydrogens is 428 g/mol. The summed E-state index contributed by atoms with van der Waals surface area (Å²) in [4.78, 5) is 26.0. The number of phenols is 1. The van der Waals surface area contributed by atoms with Crippen LogP contribution in [0.5, 0.6) is 5.75 Å². The summed E-state index contributed by atoms with van der Waals surface area (Å²) in [6, 6.07) is 16.0. The Labute approximate surface area is 192 Å². The Balaban J connectivity index is 0.00000363. The number of hydrogen-bond donors (Lipinski definition) is 5. The van der Waals surface area contributed by atoms with Crippen molar-refractivity contribution in [2.24, 2.45) is 5.73 Å². The Morgan fingerprint density at radius 2 is 1.59 bits per heavy atom. The number of carbonyl (C=O) groups is 2. The maximum atomic E-state index is 13.2. The van der Waals surface area contributed by atoms with Gasteiger partial charge in [-0.2, -0.15) is 0 Å². The highest BCUT2D eigenvalue weighted by atomic mass is 35.5. The molecule has 7 nitrogen and oxygen atoms in total. The fraction of sp³-hybridized carbons (Fsp3) is 0.125. The number of amides is 1. The van der Waals surface area contributed by atoms with Gasteiger partial charge in [0.2, 0.25) is 0 Å². The van der Waals surface area contributed by atoms with Gasteiger partial charge in [0.1, 0.15) is 11.6 Å². The predicted octanol–water partition coefficient (Wildman–Crippen LogP) is 4.29. The van der Waals surface area contributed by atoms with Crippen LogP contribution < -0.4 is 16.8 Å². The number of nitrogens with one attached hydrogen (secondary N) is 2. The third kappa shape index (κ3) is 5.07. The zero-order chi connectivity index (χ0) is 22.7. The fourth-order valence-electron chi connectivity index (χ4n) is 3.15. The van der Waals surface area contributed by atoms with E-state index < -0.39 is 11.7 Å². The molecule has 0 radical (unpaired) electrons. The van der Waals surface area contributed by atoms with E-state index in [9.17, 15) is 14.7 Å². The first-order valence-corrected chi connectivity index (χ1v) is 9.71. The Morgan fingerprint density at radius 3 is 2.19 bits per heavy atom. The zero-order valence-corrected chi connectivity index (χ0v) is 18.5. The smallest absolute Gasteiger partial charge is 0.255 e. The molecule has 166 valence electrons. The maximum Gasteiger partial charge on any atom is 0.255 e. The van der Waals surface area contributed by atoms with Gasteiger partial charge >= 0.3 is 0 Å². The SMILES string of the molecule is CC(C)c1ccc(C(=O)Nc2c(N)ccc(O)c2C(=O)c2cccc(C(=N)N)c2)cc1.Cl. The minimum atomic E-state index is -0.557. The molecule has 0 bridgehead atoms. The summed E-state index contributed by atoms with van der Waals surface area (Å²) in [6.45, 7) is 4.11. The van der Waals surface area contributed by atoms with E-state index in [1.165, 1.54) is 24.3 Å². The van der Waals surface area contributed by atoms with Crippen molar-refractivity contribution >= 4 is 41.3 Å². The lowest BCUT2D eigenvalue weighted by molar-refractivity contribution is 0.102. The maximum absolute atomic E-state index is 13.2. The van der Waals surface area contributed by atoms with Crippen LogP contribution in [0.15, 0.2) is 60.7 Å². The van der Waals surface area contributed by atoms with Crippen molar-refractivity contribution in [1.82, 2.24) is 0 Å². The van der Waals surface area contributed by atoms with Crippen molar-refractivity contribution in [3.63, 3.8) is 0 Å². The van der Waals surface area contributed by atoms with Gasteiger partial charge in [-0.3, -0.25) is 15.0 Å². The van der Waals surface area contributed by atoms with Crippen LogP contribution in [0.2, 0.25) is 0 Å². The van der Waals surface area contributed by atoms with Crippen LogP contribution >= 0.6 is 12.4 Å². The van der Waals surface area contributed by atoms with E-state index in [-0.39, 0.29) is 46.5 Å². The third-order valence-corrected chi connectivity index (χ3v) is 4.96. The average Bonchev–Trinajstić information content (AvgIpc) is 2.76. The molecule has 0 saturated heterocycles. The number of nitrogen functional groups attached to an aromatic ring is 2. The standard InChI is InChI=1S/C24H24N4O3.ClH/c1-13(2)14-6-8-15(9-7-14)24(31)28-21-18(25)10-11-19(29)20(21)22(30)16-4-3-5-17(12-16)23(26)27;/h3-13,29H,25H2,1-2H3,(H3,26,27)(H,28,31);1H. The number of phenolic OH excluding ortho intramolecular Hbond substituents is 1. The van der Waals surface area contributed by atoms with Crippen molar-refractivity contribution < 1.29 is 14.7 Å². The Morgan fingerprint density at radius 1 is 0.969 bits per heavy atom. The van der Waals surface area contributed by atoms with Gasteiger partial charge < -0.3 is 21.9 Å². The number of amidine groups is 1. The quantitative estimate of drug-likeness (QED) is 0.125. The molecule has 3 aromatic rings. The molecule has 0 aliphatic heterocycles. The Kier molecular flexibility index (Phi) is 7.62. The van der Waals surface area contributed by atoms with Gasteiger partial charge in [0, 0.05) is 16.7 Å². The molecule has 0 aliphatic carbocycles. The fourth-order valence-corrected chi connectivity index (χ4v) is 3.15. The normalized spacial score (nSPS) is 10.3. The molecule has 0 unspecified atom stereocenters. The van der Waals surface area contributed by atoms with Gasteiger partial charge in [-0.1, -0.05) is 44.2 Å². The van der Waals surface area contributed by atoms with Crippen LogP contribution in [-0.4, -0.2) is 22.6 Å². The second-order valence-electron chi connectivity index (χ2n) is 7.48. The highest BCUT2D eigenvalue weighted by Gasteiger charge is 2.23. The first-order valence-electron chi connectivity index (χ1n) is 9.71. The molecule has 0 saturated carbocycles. The summed E-state index contributed by atoms with van der Waals surface area (Å²) >= 11 is 0. The van der Waals surface area contributed by atoms with Crippen LogP contribution in [0.25, 0.3) is 0 Å². The van der Waals surface area contributed by atoms with Gasteiger partial charge in [0.05, 0.1) is 16.9 Å². The van der Waals surface area contributed by atoms with E-state index in [2.05, 4.69) is 19.2 Å². The van der Waals surface area contributed by atoms with Crippen molar-refractivity contribution in [2.45, 2.75) is 19.8 Å². The first kappa shape index (κ1) is 24.4. The van der Waals surface area contributed by atoms with Crippen LogP contribution in [-0.2, 0) is 0 Å². The highest BCUT2D eigenvalue weighted by molar-refractivity contribution is 6.19. The number of halogens is 1. The van der Waals surface area contributed by atoms with E-state index >= 15 is 0 Å². The summed E-state index contributed by atoms with van der Waals surface area (Å²) in [6.07, 6.45) is 0. The second-order valence-corrected chi connectivity index (χ2v) is 7.48. The molecule has 0 aromatic heterocycles. The van der Waals surface area contributed by atoms with Gasteiger partial charge in [0.25, 0.3) is 5.91 Å². The molecule has 0 fully saturated rings. The summed E-state index contributed by atoms with van der Waals surface area (Å²) in [7, 11) is 0. The first-order chi connectivity index (χ1) is 14.7. The number of hydrogen-bond acceptors (Lipinski definition) is 5. The number of nitrogens with two attached hydrogens (primary N) is 2. The molecular formula is C24H25ClN4O3. The number of ketones is 1. The molecule has 3 rings (SSSR count). The number of aromatic hydroxyl groups is 1. The third-order valence-electron chi connectivity index (χ3n) is 4.96. The lowest BCUT2D eigenvalue weighted by Crippen LogP contribution is -2.17. The summed E-state index contributed by atoms with van der Waals surface area (Å²) in [5.74, 6) is -1.20. The van der Waals surface area contributed by atoms with Crippen molar-refractivity contribution in [3.8, 4) is 5.75 Å². The van der Waals surface area contributed by atoms with Gasteiger partial charge in [0.15, 0.2) is 5.78 Å². The van der Waals surface area contributed by atoms with Crippen molar-refractivity contribution in [1.29, 1.82) is 5.41 Å². The predicted molar refractivity (Wildman–Crippen MR) is 129 cm³/mol. The zero-order valence-electron chi connectivity index (χ0n) is 17.7. The second kappa shape index (κ2) is 9.98. The minimum absolute atomic E-state index is 0. The molecule has 0 atom stereocenters. The average molecular weight is 453 g/mol. The molecule has 0 aliphatic rings. The summed E-state index contributed by atoms with van der Waals surface area (Å²) in [5.41, 5.74) is 13.6. The monoisotopic (exact) mass is 452 g/mol. The minimum Gasteiger partial charge on any atom is -0.507 e. The topological polar surface area (TPSA) is 142 Å². The molecule has 3 aromatic carbocycles. The van der Waals surface area contributed by atoms with Gasteiger partial charge in [-0.05, 0) is 41.8 Å². The van der Waals surface area contributed by atoms with Crippen LogP contribution in [0.1, 0.15) is 57.2 Å². The number of rotatable bonds is 6. The van der Waals surface area contributed by atoms with Crippen LogP contribution in [0.3, 0.4) is 0 Å². The summed E-state index contributed by atoms with van der Waals surface area (Å²) < 4.78 is 0. The van der Waals surface area contributed by atoms with E-state index in [1.807, 2.05) is 12.1 Å². The molecule has 8 heteroatoms. The lowest BCUT2D eigenvalue weighted by atomic mass is 9.97. The highest BCUT2D eigenvalue weighted by Crippen LogP contribution is 2.34.